The zero-order valence-corrected chi connectivity index (χ0v) is 12.6. The van der Waals surface area contributed by atoms with E-state index in [9.17, 15) is 13.2 Å². The van der Waals surface area contributed by atoms with Crippen LogP contribution in [0.3, 0.4) is 0 Å². The van der Waals surface area contributed by atoms with Crippen LogP contribution in [0.25, 0.3) is 0 Å². The molecule has 1 nitrogen and oxygen atoms in total. The molecule has 2 atom stereocenters. The van der Waals surface area contributed by atoms with Crippen molar-refractivity contribution in [1.82, 2.24) is 5.32 Å². The van der Waals surface area contributed by atoms with Crippen LogP contribution in [0.1, 0.15) is 29.0 Å². The Balaban J connectivity index is 0.00000176. The maximum Gasteiger partial charge on any atom is 0.416 e. The van der Waals surface area contributed by atoms with Gasteiger partial charge in [0.25, 0.3) is 0 Å². The lowest BCUT2D eigenvalue weighted by molar-refractivity contribution is -0.137. The summed E-state index contributed by atoms with van der Waals surface area (Å²) in [5, 5.41) is 3.40. The van der Waals surface area contributed by atoms with E-state index in [1.165, 1.54) is 17.7 Å². The first-order valence-corrected chi connectivity index (χ1v) is 6.98. The largest absolute Gasteiger partial charge is 0.416 e. The van der Waals surface area contributed by atoms with Gasteiger partial charge in [-0.1, -0.05) is 42.5 Å². The van der Waals surface area contributed by atoms with Gasteiger partial charge < -0.3 is 5.32 Å². The molecule has 1 aliphatic carbocycles. The van der Waals surface area contributed by atoms with Crippen LogP contribution in [0.5, 0.6) is 0 Å². The van der Waals surface area contributed by atoms with Crippen molar-refractivity contribution in [3.8, 4) is 0 Å². The summed E-state index contributed by atoms with van der Waals surface area (Å²) in [5.41, 5.74) is 1.60. The lowest BCUT2D eigenvalue weighted by Gasteiger charge is -2.08. The van der Waals surface area contributed by atoms with Crippen LogP contribution >= 0.6 is 12.4 Å². The number of rotatable bonds is 4. The molecule has 118 valence electrons. The summed E-state index contributed by atoms with van der Waals surface area (Å²) in [6.45, 7) is 0.603. The Morgan fingerprint density at radius 2 is 1.59 bits per heavy atom. The van der Waals surface area contributed by atoms with E-state index in [-0.39, 0.29) is 12.4 Å². The molecule has 0 saturated heterocycles. The minimum Gasteiger partial charge on any atom is -0.309 e. The van der Waals surface area contributed by atoms with Gasteiger partial charge in [0.1, 0.15) is 0 Å². The van der Waals surface area contributed by atoms with E-state index < -0.39 is 11.7 Å². The Kier molecular flexibility index (Phi) is 5.14. The first-order valence-electron chi connectivity index (χ1n) is 6.98. The zero-order valence-electron chi connectivity index (χ0n) is 11.8. The highest BCUT2D eigenvalue weighted by Gasteiger charge is 2.37. The molecule has 0 aromatic heterocycles. The Hall–Kier alpha value is -1.52. The average Bonchev–Trinajstić information content (AvgIpc) is 3.25. The first kappa shape index (κ1) is 16.8. The predicted molar refractivity (Wildman–Crippen MR) is 83.1 cm³/mol. The standard InChI is InChI=1S/C17H16F3N.ClH/c18-17(19,20)14-8-6-12(7-9-14)11-21-16-10-15(16)13-4-2-1-3-5-13;/h1-9,15-16,21H,10-11H2;1H. The average molecular weight is 328 g/mol. The van der Waals surface area contributed by atoms with Gasteiger partial charge in [-0.3, -0.25) is 0 Å². The number of halogens is 4. The van der Waals surface area contributed by atoms with Crippen LogP contribution < -0.4 is 5.32 Å². The van der Waals surface area contributed by atoms with Crippen LogP contribution in [0.15, 0.2) is 54.6 Å². The van der Waals surface area contributed by atoms with Crippen LogP contribution in [0.4, 0.5) is 13.2 Å². The molecule has 2 aromatic carbocycles. The van der Waals surface area contributed by atoms with Gasteiger partial charge in [-0.05, 0) is 29.7 Å². The van der Waals surface area contributed by atoms with E-state index in [2.05, 4.69) is 17.4 Å². The van der Waals surface area contributed by atoms with Crippen molar-refractivity contribution in [2.24, 2.45) is 0 Å². The van der Waals surface area contributed by atoms with Crippen molar-refractivity contribution in [2.45, 2.75) is 31.1 Å². The Morgan fingerprint density at radius 3 is 2.18 bits per heavy atom. The van der Waals surface area contributed by atoms with E-state index >= 15 is 0 Å². The highest BCUT2D eigenvalue weighted by molar-refractivity contribution is 5.85. The first-order chi connectivity index (χ1) is 10.0. The van der Waals surface area contributed by atoms with Gasteiger partial charge in [0, 0.05) is 18.5 Å². The molecule has 22 heavy (non-hydrogen) atoms. The maximum atomic E-state index is 12.5. The zero-order chi connectivity index (χ0) is 14.9. The van der Waals surface area contributed by atoms with E-state index in [0.29, 0.717) is 18.5 Å². The summed E-state index contributed by atoms with van der Waals surface area (Å²) in [6, 6.07) is 16.1. The fraction of sp³-hybridized carbons (Fsp3) is 0.294. The summed E-state index contributed by atoms with van der Waals surface area (Å²) in [5.74, 6) is 0.528. The van der Waals surface area contributed by atoms with E-state index in [1.807, 2.05) is 18.2 Å². The minimum absolute atomic E-state index is 0. The van der Waals surface area contributed by atoms with Crippen molar-refractivity contribution in [1.29, 1.82) is 0 Å². The van der Waals surface area contributed by atoms with E-state index in [4.69, 9.17) is 0 Å². The van der Waals surface area contributed by atoms with Gasteiger partial charge in [0.15, 0.2) is 0 Å². The van der Waals surface area contributed by atoms with Gasteiger partial charge >= 0.3 is 6.18 Å². The highest BCUT2D eigenvalue weighted by Crippen LogP contribution is 2.40. The fourth-order valence-corrected chi connectivity index (χ4v) is 2.55. The van der Waals surface area contributed by atoms with Crippen molar-refractivity contribution in [3.05, 3.63) is 71.3 Å². The molecular weight excluding hydrogens is 311 g/mol. The Labute approximate surface area is 134 Å². The van der Waals surface area contributed by atoms with E-state index in [1.54, 1.807) is 0 Å². The number of benzene rings is 2. The molecule has 0 bridgehead atoms. The Bertz CT molecular complexity index is 596. The molecule has 2 unspecified atom stereocenters. The molecule has 0 aliphatic heterocycles. The molecule has 1 N–H and O–H groups in total. The van der Waals surface area contributed by atoms with Crippen LogP contribution in [0.2, 0.25) is 0 Å². The van der Waals surface area contributed by atoms with Gasteiger partial charge in [-0.25, -0.2) is 0 Å². The third-order valence-corrected chi connectivity index (χ3v) is 3.87. The van der Waals surface area contributed by atoms with Gasteiger partial charge in [0.2, 0.25) is 0 Å². The molecule has 5 heteroatoms. The topological polar surface area (TPSA) is 12.0 Å². The molecule has 0 heterocycles. The second kappa shape index (κ2) is 6.71. The van der Waals surface area contributed by atoms with Gasteiger partial charge in [-0.2, -0.15) is 13.2 Å². The second-order valence-electron chi connectivity index (χ2n) is 5.43. The van der Waals surface area contributed by atoms with Gasteiger partial charge in [0.05, 0.1) is 5.56 Å². The summed E-state index contributed by atoms with van der Waals surface area (Å²) in [7, 11) is 0. The predicted octanol–water partition coefficient (Wildman–Crippen LogP) is 4.77. The molecule has 3 rings (SSSR count). The number of alkyl halides is 3. The molecule has 0 spiro atoms. The number of hydrogen-bond acceptors (Lipinski definition) is 1. The van der Waals surface area contributed by atoms with Crippen molar-refractivity contribution in [3.63, 3.8) is 0 Å². The highest BCUT2D eigenvalue weighted by atomic mass is 35.5. The fourth-order valence-electron chi connectivity index (χ4n) is 2.55. The SMILES string of the molecule is Cl.FC(F)(F)c1ccc(CNC2CC2c2ccccc2)cc1. The summed E-state index contributed by atoms with van der Waals surface area (Å²) in [6.07, 6.45) is -3.18. The van der Waals surface area contributed by atoms with Crippen molar-refractivity contribution >= 4 is 12.4 Å². The third kappa shape index (κ3) is 4.02. The lowest BCUT2D eigenvalue weighted by Crippen LogP contribution is -2.17. The molecule has 1 saturated carbocycles. The van der Waals surface area contributed by atoms with Crippen LogP contribution in [-0.4, -0.2) is 6.04 Å². The normalized spacial score (nSPS) is 20.3. The number of hydrogen-bond donors (Lipinski definition) is 1. The van der Waals surface area contributed by atoms with Crippen LogP contribution in [-0.2, 0) is 12.7 Å². The summed E-state index contributed by atoms with van der Waals surface area (Å²) < 4.78 is 37.4. The molecule has 1 aliphatic rings. The second-order valence-corrected chi connectivity index (χ2v) is 5.43. The molecular formula is C17H17ClF3N. The van der Waals surface area contributed by atoms with Crippen molar-refractivity contribution in [2.75, 3.05) is 0 Å². The lowest BCUT2D eigenvalue weighted by atomic mass is 10.1. The quantitative estimate of drug-likeness (QED) is 0.852. The van der Waals surface area contributed by atoms with Crippen LogP contribution in [0, 0.1) is 0 Å². The van der Waals surface area contributed by atoms with Gasteiger partial charge in [-0.15, -0.1) is 12.4 Å². The number of nitrogens with one attached hydrogen (secondary N) is 1. The maximum absolute atomic E-state index is 12.5. The molecule has 2 aromatic rings. The molecule has 1 fully saturated rings. The third-order valence-electron chi connectivity index (χ3n) is 3.87. The van der Waals surface area contributed by atoms with E-state index in [0.717, 1.165) is 24.1 Å². The monoisotopic (exact) mass is 327 g/mol. The molecule has 0 amide bonds. The molecule has 0 radical (unpaired) electrons. The van der Waals surface area contributed by atoms with Crippen molar-refractivity contribution < 1.29 is 13.2 Å². The summed E-state index contributed by atoms with van der Waals surface area (Å²) >= 11 is 0. The smallest absolute Gasteiger partial charge is 0.309 e. The Morgan fingerprint density at radius 1 is 0.955 bits per heavy atom. The summed E-state index contributed by atoms with van der Waals surface area (Å²) in [4.78, 5) is 0. The minimum atomic E-state index is -4.26.